The van der Waals surface area contributed by atoms with Crippen LogP contribution in [0.25, 0.3) is 0 Å². The summed E-state index contributed by atoms with van der Waals surface area (Å²) in [5.74, 6) is 0. The molecule has 0 aromatic heterocycles. The summed E-state index contributed by atoms with van der Waals surface area (Å²) < 4.78 is 1.37. The van der Waals surface area contributed by atoms with Crippen LogP contribution in [0.1, 0.15) is 22.8 Å². The Balaban J connectivity index is 1.99. The Morgan fingerprint density at radius 3 is 2.22 bits per heavy atom. The molecule has 0 spiro atoms. The van der Waals surface area contributed by atoms with E-state index in [1.165, 1.54) is 15.6 Å². The number of rotatable bonds is 4. The Bertz CT molecular complexity index is 488. The Kier molecular flexibility index (Phi) is 4.59. The van der Waals surface area contributed by atoms with Gasteiger partial charge in [0.1, 0.15) is 0 Å². The van der Waals surface area contributed by atoms with E-state index in [-0.39, 0.29) is 6.10 Å². The molecule has 0 aliphatic carbocycles. The molecule has 0 bridgehead atoms. The van der Waals surface area contributed by atoms with E-state index in [4.69, 9.17) is 0 Å². The van der Waals surface area contributed by atoms with Gasteiger partial charge in [0.05, 0.1) is 0 Å². The van der Waals surface area contributed by atoms with Crippen molar-refractivity contribution in [3.63, 3.8) is 0 Å². The summed E-state index contributed by atoms with van der Waals surface area (Å²) in [6.45, 7) is 4.25. The van der Waals surface area contributed by atoms with Crippen LogP contribution in [-0.4, -0.2) is 20.1 Å². The molecule has 0 aliphatic heterocycles. The molecule has 94 valence electrons. The molecule has 0 heterocycles. The molecule has 0 radical (unpaired) electrons. The van der Waals surface area contributed by atoms with E-state index in [2.05, 4.69) is 32.0 Å². The third kappa shape index (κ3) is 3.71. The van der Waals surface area contributed by atoms with Gasteiger partial charge in [0.25, 0.3) is 0 Å². The molecule has 2 aromatic rings. The van der Waals surface area contributed by atoms with Crippen LogP contribution in [0, 0.1) is 13.8 Å². The molecule has 18 heavy (non-hydrogen) atoms. The molecule has 0 fully saturated rings. The number of aliphatic hydroxyl groups excluding tert-OH is 1. The van der Waals surface area contributed by atoms with Crippen LogP contribution in [0.15, 0.2) is 48.5 Å². The van der Waals surface area contributed by atoms with Crippen LogP contribution < -0.4 is 4.46 Å². The predicted molar refractivity (Wildman–Crippen MR) is 77.5 cm³/mol. The SMILES string of the molecule is Cc1cc(C)cc([Se]C[C@H](O)c2ccccc2)c1. The second kappa shape index (κ2) is 6.19. The monoisotopic (exact) mass is 306 g/mol. The molecule has 2 heteroatoms. The fourth-order valence-corrected chi connectivity index (χ4v) is 4.23. The average molecular weight is 305 g/mol. The molecule has 1 N–H and O–H groups in total. The number of hydrogen-bond donors (Lipinski definition) is 1. The number of aryl methyl sites for hydroxylation is 2. The number of hydrogen-bond acceptors (Lipinski definition) is 1. The fourth-order valence-electron chi connectivity index (χ4n) is 1.96. The maximum atomic E-state index is 10.1. The molecule has 1 atom stereocenters. The van der Waals surface area contributed by atoms with Crippen molar-refractivity contribution in [3.8, 4) is 0 Å². The topological polar surface area (TPSA) is 20.2 Å². The van der Waals surface area contributed by atoms with Crippen LogP contribution in [0.5, 0.6) is 0 Å². The Labute approximate surface area is 115 Å². The van der Waals surface area contributed by atoms with Gasteiger partial charge >= 0.3 is 115 Å². The van der Waals surface area contributed by atoms with Crippen molar-refractivity contribution in [3.05, 3.63) is 65.2 Å². The van der Waals surface area contributed by atoms with Crippen molar-refractivity contribution in [2.75, 3.05) is 0 Å². The summed E-state index contributed by atoms with van der Waals surface area (Å²) >= 11 is 0.325. The predicted octanol–water partition coefficient (Wildman–Crippen LogP) is 2.78. The zero-order valence-corrected chi connectivity index (χ0v) is 12.5. The summed E-state index contributed by atoms with van der Waals surface area (Å²) in [5, 5.41) is 11.0. The molecule has 0 saturated heterocycles. The van der Waals surface area contributed by atoms with E-state index >= 15 is 0 Å². The van der Waals surface area contributed by atoms with Gasteiger partial charge in [0.2, 0.25) is 0 Å². The van der Waals surface area contributed by atoms with Crippen molar-refractivity contribution in [1.82, 2.24) is 0 Å². The zero-order valence-electron chi connectivity index (χ0n) is 10.8. The van der Waals surface area contributed by atoms with Gasteiger partial charge in [-0.05, 0) is 0 Å². The zero-order chi connectivity index (χ0) is 13.0. The van der Waals surface area contributed by atoms with Crippen LogP contribution >= 0.6 is 0 Å². The van der Waals surface area contributed by atoms with E-state index in [0.717, 1.165) is 10.9 Å². The quantitative estimate of drug-likeness (QED) is 0.861. The molecule has 2 rings (SSSR count). The van der Waals surface area contributed by atoms with Gasteiger partial charge in [-0.25, -0.2) is 0 Å². The third-order valence-corrected chi connectivity index (χ3v) is 4.99. The summed E-state index contributed by atoms with van der Waals surface area (Å²) in [4.78, 5) is 0. The Morgan fingerprint density at radius 2 is 1.61 bits per heavy atom. The van der Waals surface area contributed by atoms with Gasteiger partial charge < -0.3 is 0 Å². The summed E-state index contributed by atoms with van der Waals surface area (Å²) in [7, 11) is 0. The van der Waals surface area contributed by atoms with Crippen molar-refractivity contribution < 1.29 is 5.11 Å². The molecule has 0 aliphatic rings. The van der Waals surface area contributed by atoms with E-state index in [9.17, 15) is 5.11 Å². The van der Waals surface area contributed by atoms with Gasteiger partial charge in [-0.15, -0.1) is 0 Å². The standard InChI is InChI=1S/C16H18OSe/c1-12-8-13(2)10-15(9-12)18-11-16(17)14-6-4-3-5-7-14/h3-10,16-17H,11H2,1-2H3/t16-/m0/s1. The summed E-state index contributed by atoms with van der Waals surface area (Å²) in [5.41, 5.74) is 3.63. The van der Waals surface area contributed by atoms with Gasteiger partial charge in [-0.3, -0.25) is 0 Å². The maximum absolute atomic E-state index is 10.1. The number of aliphatic hydroxyl groups is 1. The first-order valence-corrected chi connectivity index (χ1v) is 8.16. The summed E-state index contributed by atoms with van der Waals surface area (Å²) in [6.07, 6.45) is -0.341. The number of benzene rings is 2. The normalized spacial score (nSPS) is 12.4. The van der Waals surface area contributed by atoms with Crippen LogP contribution in [-0.2, 0) is 0 Å². The van der Waals surface area contributed by atoms with Gasteiger partial charge in [-0.1, -0.05) is 0 Å². The van der Waals surface area contributed by atoms with Gasteiger partial charge in [0.15, 0.2) is 0 Å². The van der Waals surface area contributed by atoms with E-state index in [0.29, 0.717) is 15.0 Å². The van der Waals surface area contributed by atoms with Gasteiger partial charge in [-0.2, -0.15) is 0 Å². The van der Waals surface area contributed by atoms with Crippen molar-refractivity contribution in [1.29, 1.82) is 0 Å². The molecule has 2 aromatic carbocycles. The van der Waals surface area contributed by atoms with E-state index < -0.39 is 0 Å². The minimum absolute atomic E-state index is 0.325. The van der Waals surface area contributed by atoms with Gasteiger partial charge in [0, 0.05) is 0 Å². The van der Waals surface area contributed by atoms with Crippen molar-refractivity contribution >= 4 is 19.4 Å². The summed E-state index contributed by atoms with van der Waals surface area (Å²) in [6, 6.07) is 16.5. The van der Waals surface area contributed by atoms with Crippen LogP contribution in [0.2, 0.25) is 5.32 Å². The van der Waals surface area contributed by atoms with Crippen molar-refractivity contribution in [2.24, 2.45) is 0 Å². The first-order chi connectivity index (χ1) is 8.65. The Hall–Kier alpha value is -1.08. The molecule has 0 saturated carbocycles. The first kappa shape index (κ1) is 13.4. The fraction of sp³-hybridized carbons (Fsp3) is 0.250. The molecule has 1 nitrogen and oxygen atoms in total. The minimum atomic E-state index is -0.341. The second-order valence-electron chi connectivity index (χ2n) is 4.56. The Morgan fingerprint density at radius 1 is 1.00 bits per heavy atom. The molecular formula is C16H18OSe. The molecule has 0 unspecified atom stereocenters. The van der Waals surface area contributed by atoms with E-state index in [1.807, 2.05) is 30.3 Å². The molecule has 0 amide bonds. The average Bonchev–Trinajstić information content (AvgIpc) is 2.36. The molecular weight excluding hydrogens is 287 g/mol. The van der Waals surface area contributed by atoms with Crippen molar-refractivity contribution in [2.45, 2.75) is 25.3 Å². The first-order valence-electron chi connectivity index (χ1n) is 6.09. The third-order valence-electron chi connectivity index (χ3n) is 2.79. The van der Waals surface area contributed by atoms with Crippen LogP contribution in [0.4, 0.5) is 0 Å². The second-order valence-corrected chi connectivity index (χ2v) is 6.85. The van der Waals surface area contributed by atoms with Crippen LogP contribution in [0.3, 0.4) is 0 Å². The van der Waals surface area contributed by atoms with E-state index in [1.54, 1.807) is 0 Å².